The minimum absolute atomic E-state index is 0.462. The summed E-state index contributed by atoms with van der Waals surface area (Å²) >= 11 is 4.27. The van der Waals surface area contributed by atoms with Crippen LogP contribution in [0.4, 0.5) is 0 Å². The number of hydrogen-bond donors (Lipinski definition) is 1. The van der Waals surface area contributed by atoms with Crippen LogP contribution in [0.1, 0.15) is 50.8 Å². The second-order valence-electron chi connectivity index (χ2n) is 6.01. The van der Waals surface area contributed by atoms with E-state index in [4.69, 9.17) is 0 Å². The fourth-order valence-electron chi connectivity index (χ4n) is 2.64. The third kappa shape index (κ3) is 3.75. The molecule has 0 spiro atoms. The smallest absolute Gasteiger partial charge is 0.0446 e. The lowest BCUT2D eigenvalue weighted by Crippen LogP contribution is -2.35. The van der Waals surface area contributed by atoms with Crippen LogP contribution < -0.4 is 5.32 Å². The first kappa shape index (κ1) is 16.3. The predicted octanol–water partition coefficient (Wildman–Crippen LogP) is 4.70. The van der Waals surface area contributed by atoms with Crippen molar-refractivity contribution in [2.45, 2.75) is 55.4 Å². The molecule has 1 aliphatic heterocycles. The van der Waals surface area contributed by atoms with E-state index in [9.17, 15) is 0 Å². The monoisotopic (exact) mass is 309 g/mol. The number of benzene rings is 1. The average Bonchev–Trinajstić information content (AvgIpc) is 2.44. The summed E-state index contributed by atoms with van der Waals surface area (Å²) in [6.07, 6.45) is 0. The number of nitrogens with one attached hydrogen (secondary N) is 1. The molecule has 2 rings (SSSR count). The highest BCUT2D eigenvalue weighted by Gasteiger charge is 2.31. The molecule has 1 heterocycles. The van der Waals surface area contributed by atoms with Gasteiger partial charge in [0.25, 0.3) is 0 Å². The Bertz CT molecular complexity index is 416. The van der Waals surface area contributed by atoms with Crippen molar-refractivity contribution in [3.63, 3.8) is 0 Å². The number of rotatable bonds is 4. The normalized spacial score (nSPS) is 28.6. The van der Waals surface area contributed by atoms with Crippen LogP contribution in [0.2, 0.25) is 0 Å². The second kappa shape index (κ2) is 7.24. The van der Waals surface area contributed by atoms with Crippen molar-refractivity contribution in [3.05, 3.63) is 35.4 Å². The maximum atomic E-state index is 3.54. The highest BCUT2D eigenvalue weighted by molar-refractivity contribution is 8.07. The van der Waals surface area contributed by atoms with E-state index < -0.39 is 0 Å². The van der Waals surface area contributed by atoms with Crippen molar-refractivity contribution in [2.75, 3.05) is 12.8 Å². The lowest BCUT2D eigenvalue weighted by molar-refractivity contribution is 0.588. The zero-order valence-corrected chi connectivity index (χ0v) is 14.9. The van der Waals surface area contributed by atoms with Gasteiger partial charge in [-0.15, -0.1) is 0 Å². The Morgan fingerprint density at radius 1 is 1.05 bits per heavy atom. The molecule has 3 heteroatoms. The van der Waals surface area contributed by atoms with Crippen LogP contribution in [-0.4, -0.2) is 28.6 Å². The van der Waals surface area contributed by atoms with Gasteiger partial charge in [0.2, 0.25) is 0 Å². The molecular weight excluding hydrogens is 282 g/mol. The molecule has 4 unspecified atom stereocenters. The summed E-state index contributed by atoms with van der Waals surface area (Å²) in [5, 5.41) is 5.72. The van der Waals surface area contributed by atoms with Crippen LogP contribution in [0, 0.1) is 0 Å². The molecule has 4 atom stereocenters. The summed E-state index contributed by atoms with van der Waals surface area (Å²) in [6.45, 7) is 9.22. The molecule has 1 fully saturated rings. The quantitative estimate of drug-likeness (QED) is 0.866. The standard InChI is InChI=1S/C17H27NS2/c1-11(2)14-6-8-15(9-7-14)17(18-5)16-10-19-12(3)13(4)20-16/h6-9,11-13,16-18H,10H2,1-5H3. The van der Waals surface area contributed by atoms with Gasteiger partial charge in [0.05, 0.1) is 0 Å². The van der Waals surface area contributed by atoms with Gasteiger partial charge in [0, 0.05) is 27.5 Å². The Morgan fingerprint density at radius 3 is 2.15 bits per heavy atom. The molecule has 20 heavy (non-hydrogen) atoms. The van der Waals surface area contributed by atoms with Crippen molar-refractivity contribution >= 4 is 23.5 Å². The minimum atomic E-state index is 0.462. The molecular formula is C17H27NS2. The molecule has 1 nitrogen and oxygen atoms in total. The van der Waals surface area contributed by atoms with Crippen LogP contribution >= 0.6 is 23.5 Å². The third-order valence-corrected chi connectivity index (χ3v) is 7.71. The average molecular weight is 310 g/mol. The lowest BCUT2D eigenvalue weighted by Gasteiger charge is -2.36. The molecule has 0 saturated carbocycles. The highest BCUT2D eigenvalue weighted by atomic mass is 32.2. The van der Waals surface area contributed by atoms with E-state index in [2.05, 4.69) is 87.8 Å². The third-order valence-electron chi connectivity index (χ3n) is 4.22. The van der Waals surface area contributed by atoms with E-state index in [1.807, 2.05) is 0 Å². The Labute approximate surface area is 132 Å². The molecule has 1 aromatic rings. The number of hydrogen-bond acceptors (Lipinski definition) is 3. The molecule has 0 bridgehead atoms. The van der Waals surface area contributed by atoms with Gasteiger partial charge in [-0.1, -0.05) is 52.0 Å². The van der Waals surface area contributed by atoms with E-state index in [0.717, 1.165) is 10.5 Å². The molecule has 1 aliphatic rings. The number of thioether (sulfide) groups is 2. The van der Waals surface area contributed by atoms with Crippen molar-refractivity contribution in [2.24, 2.45) is 0 Å². The van der Waals surface area contributed by atoms with Gasteiger partial charge in [-0.05, 0) is 24.1 Å². The fraction of sp³-hybridized carbons (Fsp3) is 0.647. The Hall–Kier alpha value is -0.120. The van der Waals surface area contributed by atoms with E-state index >= 15 is 0 Å². The van der Waals surface area contributed by atoms with Crippen molar-refractivity contribution in [1.82, 2.24) is 5.32 Å². The Balaban J connectivity index is 2.11. The van der Waals surface area contributed by atoms with Crippen LogP contribution in [0.5, 0.6) is 0 Å². The van der Waals surface area contributed by atoms with Gasteiger partial charge in [-0.3, -0.25) is 0 Å². The molecule has 1 aromatic carbocycles. The summed E-state index contributed by atoms with van der Waals surface area (Å²) in [5.74, 6) is 1.85. The summed E-state index contributed by atoms with van der Waals surface area (Å²) in [5.41, 5.74) is 2.85. The maximum absolute atomic E-state index is 3.54. The van der Waals surface area contributed by atoms with E-state index in [1.165, 1.54) is 16.9 Å². The van der Waals surface area contributed by atoms with E-state index in [0.29, 0.717) is 17.2 Å². The van der Waals surface area contributed by atoms with E-state index in [1.54, 1.807) is 0 Å². The molecule has 1 N–H and O–H groups in total. The Morgan fingerprint density at radius 2 is 1.65 bits per heavy atom. The SMILES string of the molecule is CNC(c1ccc(C(C)C)cc1)C1CSC(C)C(C)S1. The van der Waals surface area contributed by atoms with E-state index in [-0.39, 0.29) is 0 Å². The largest absolute Gasteiger partial charge is 0.312 e. The summed E-state index contributed by atoms with van der Waals surface area (Å²) in [6, 6.07) is 9.66. The van der Waals surface area contributed by atoms with Crippen molar-refractivity contribution in [3.8, 4) is 0 Å². The molecule has 0 amide bonds. The fourth-order valence-corrected chi connectivity index (χ4v) is 5.80. The lowest BCUT2D eigenvalue weighted by atomic mass is 9.98. The summed E-state index contributed by atoms with van der Waals surface area (Å²) in [7, 11) is 2.09. The highest BCUT2D eigenvalue weighted by Crippen LogP contribution is 2.41. The summed E-state index contributed by atoms with van der Waals surface area (Å²) < 4.78 is 0. The van der Waals surface area contributed by atoms with Gasteiger partial charge >= 0.3 is 0 Å². The minimum Gasteiger partial charge on any atom is -0.312 e. The molecule has 112 valence electrons. The molecule has 0 radical (unpaired) electrons. The predicted molar refractivity (Wildman–Crippen MR) is 95.1 cm³/mol. The van der Waals surface area contributed by atoms with Crippen LogP contribution in [0.15, 0.2) is 24.3 Å². The zero-order valence-electron chi connectivity index (χ0n) is 13.2. The van der Waals surface area contributed by atoms with Gasteiger partial charge in [0.15, 0.2) is 0 Å². The van der Waals surface area contributed by atoms with Gasteiger partial charge in [0.1, 0.15) is 0 Å². The first-order valence-electron chi connectivity index (χ1n) is 7.57. The molecule has 1 saturated heterocycles. The first-order valence-corrected chi connectivity index (χ1v) is 9.56. The van der Waals surface area contributed by atoms with Gasteiger partial charge < -0.3 is 5.32 Å². The van der Waals surface area contributed by atoms with Crippen molar-refractivity contribution in [1.29, 1.82) is 0 Å². The second-order valence-corrected chi connectivity index (χ2v) is 9.04. The maximum Gasteiger partial charge on any atom is 0.0446 e. The molecule has 0 aromatic heterocycles. The van der Waals surface area contributed by atoms with Crippen LogP contribution in [-0.2, 0) is 0 Å². The first-order chi connectivity index (χ1) is 9.52. The zero-order chi connectivity index (χ0) is 14.7. The topological polar surface area (TPSA) is 12.0 Å². The summed E-state index contributed by atoms with van der Waals surface area (Å²) in [4.78, 5) is 0. The van der Waals surface area contributed by atoms with Gasteiger partial charge in [-0.25, -0.2) is 0 Å². The van der Waals surface area contributed by atoms with Crippen LogP contribution in [0.25, 0.3) is 0 Å². The van der Waals surface area contributed by atoms with Crippen molar-refractivity contribution < 1.29 is 0 Å². The molecule has 0 aliphatic carbocycles. The Kier molecular flexibility index (Phi) is 5.88. The van der Waals surface area contributed by atoms with Gasteiger partial charge in [-0.2, -0.15) is 23.5 Å². The van der Waals surface area contributed by atoms with Crippen LogP contribution in [0.3, 0.4) is 0 Å².